The van der Waals surface area contributed by atoms with Crippen LogP contribution in [0.5, 0.6) is 0 Å². The Morgan fingerprint density at radius 3 is 2.53 bits per heavy atom. The smallest absolute Gasteiger partial charge is 0.317 e. The van der Waals surface area contributed by atoms with Gasteiger partial charge >= 0.3 is 5.97 Å². The summed E-state index contributed by atoms with van der Waals surface area (Å²) < 4.78 is 13.6. The number of rotatable bonds is 4. The largest absolute Gasteiger partial charge is 0.480 e. The Morgan fingerprint density at radius 1 is 1.26 bits per heavy atom. The summed E-state index contributed by atoms with van der Waals surface area (Å²) in [5, 5.41) is 9.24. The van der Waals surface area contributed by atoms with Crippen LogP contribution < -0.4 is 0 Å². The van der Waals surface area contributed by atoms with Crippen LogP contribution >= 0.6 is 11.6 Å². The molecule has 104 valence electrons. The fourth-order valence-corrected chi connectivity index (χ4v) is 2.40. The number of piperazine rings is 1. The number of nitrogens with zero attached hydrogens (tertiary/aromatic N) is 2. The van der Waals surface area contributed by atoms with Crippen LogP contribution in [-0.4, -0.2) is 53.6 Å². The van der Waals surface area contributed by atoms with Gasteiger partial charge in [-0.2, -0.15) is 0 Å². The molecule has 0 atom stereocenters. The molecule has 1 aliphatic heterocycles. The second-order valence-electron chi connectivity index (χ2n) is 4.68. The highest BCUT2D eigenvalue weighted by atomic mass is 35.5. The Kier molecular flexibility index (Phi) is 4.74. The molecular weight excluding hydrogens is 271 g/mol. The van der Waals surface area contributed by atoms with Gasteiger partial charge in [0.05, 0.1) is 6.54 Å². The molecule has 0 saturated carbocycles. The standard InChI is InChI=1S/C13H16ClFN2O2/c14-11-1-2-12(15)10(7-11)8-16-3-5-17(6-4-16)9-13(18)19/h1-2,7H,3-6,8-9H2,(H,18,19). The molecule has 1 aromatic rings. The maximum Gasteiger partial charge on any atom is 0.317 e. The van der Waals surface area contributed by atoms with E-state index in [2.05, 4.69) is 4.90 Å². The van der Waals surface area contributed by atoms with Crippen molar-refractivity contribution < 1.29 is 14.3 Å². The number of benzene rings is 1. The van der Waals surface area contributed by atoms with Crippen LogP contribution in [0.15, 0.2) is 18.2 Å². The van der Waals surface area contributed by atoms with E-state index < -0.39 is 5.97 Å². The first-order chi connectivity index (χ1) is 9.04. The summed E-state index contributed by atoms with van der Waals surface area (Å²) in [6.07, 6.45) is 0. The molecule has 1 heterocycles. The summed E-state index contributed by atoms with van der Waals surface area (Å²) in [5.74, 6) is -1.06. The van der Waals surface area contributed by atoms with E-state index in [4.69, 9.17) is 16.7 Å². The Bertz CT molecular complexity index is 462. The van der Waals surface area contributed by atoms with Crippen LogP contribution in [0.1, 0.15) is 5.56 Å². The highest BCUT2D eigenvalue weighted by Gasteiger charge is 2.19. The fraction of sp³-hybridized carbons (Fsp3) is 0.462. The van der Waals surface area contributed by atoms with E-state index in [-0.39, 0.29) is 12.4 Å². The van der Waals surface area contributed by atoms with E-state index >= 15 is 0 Å². The number of carboxylic acid groups (broad SMARTS) is 1. The van der Waals surface area contributed by atoms with Gasteiger partial charge in [0, 0.05) is 43.3 Å². The third kappa shape index (κ3) is 4.16. The predicted octanol–water partition coefficient (Wildman–Crippen LogP) is 1.68. The Hall–Kier alpha value is -1.17. The summed E-state index contributed by atoms with van der Waals surface area (Å²) in [5.41, 5.74) is 0.583. The quantitative estimate of drug-likeness (QED) is 0.915. The third-order valence-corrected chi connectivity index (χ3v) is 3.46. The second kappa shape index (κ2) is 6.32. The van der Waals surface area contributed by atoms with Crippen LogP contribution in [0.25, 0.3) is 0 Å². The predicted molar refractivity (Wildman–Crippen MR) is 70.8 cm³/mol. The summed E-state index contributed by atoms with van der Waals surface area (Å²) in [6.45, 7) is 3.42. The third-order valence-electron chi connectivity index (χ3n) is 3.23. The zero-order chi connectivity index (χ0) is 13.8. The highest BCUT2D eigenvalue weighted by Crippen LogP contribution is 2.17. The van der Waals surface area contributed by atoms with Crippen molar-refractivity contribution in [3.05, 3.63) is 34.6 Å². The molecule has 4 nitrogen and oxygen atoms in total. The van der Waals surface area contributed by atoms with Gasteiger partial charge in [0.15, 0.2) is 0 Å². The van der Waals surface area contributed by atoms with E-state index in [1.54, 1.807) is 6.07 Å². The van der Waals surface area contributed by atoms with Crippen molar-refractivity contribution in [2.75, 3.05) is 32.7 Å². The molecular formula is C13H16ClFN2O2. The molecule has 0 aliphatic carbocycles. The molecule has 0 bridgehead atoms. The first-order valence-corrected chi connectivity index (χ1v) is 6.53. The minimum absolute atomic E-state index is 0.0688. The Labute approximate surface area is 116 Å². The van der Waals surface area contributed by atoms with Gasteiger partial charge in [-0.05, 0) is 18.2 Å². The van der Waals surface area contributed by atoms with Gasteiger partial charge < -0.3 is 5.11 Å². The zero-order valence-corrected chi connectivity index (χ0v) is 11.2. The van der Waals surface area contributed by atoms with Crippen molar-refractivity contribution in [3.63, 3.8) is 0 Å². The molecule has 19 heavy (non-hydrogen) atoms. The van der Waals surface area contributed by atoms with Gasteiger partial charge in [0.1, 0.15) is 5.82 Å². The summed E-state index contributed by atoms with van der Waals surface area (Å²) >= 11 is 5.86. The first kappa shape index (κ1) is 14.2. The maximum atomic E-state index is 13.6. The van der Waals surface area contributed by atoms with Gasteiger partial charge in [0.2, 0.25) is 0 Å². The van der Waals surface area contributed by atoms with Crippen LogP contribution in [-0.2, 0) is 11.3 Å². The molecule has 0 aromatic heterocycles. The number of aliphatic carboxylic acids is 1. The minimum Gasteiger partial charge on any atom is -0.480 e. The molecule has 1 aromatic carbocycles. The average molecular weight is 287 g/mol. The van der Waals surface area contributed by atoms with Crippen molar-refractivity contribution in [1.29, 1.82) is 0 Å². The van der Waals surface area contributed by atoms with Gasteiger partial charge in [-0.15, -0.1) is 0 Å². The Balaban J connectivity index is 1.88. The molecule has 0 spiro atoms. The fourth-order valence-electron chi connectivity index (χ4n) is 2.20. The van der Waals surface area contributed by atoms with E-state index in [1.807, 2.05) is 4.90 Å². The summed E-state index contributed by atoms with van der Waals surface area (Å²) in [4.78, 5) is 14.6. The second-order valence-corrected chi connectivity index (χ2v) is 5.12. The number of carboxylic acids is 1. The van der Waals surface area contributed by atoms with E-state index in [0.717, 1.165) is 13.1 Å². The van der Waals surface area contributed by atoms with E-state index in [1.165, 1.54) is 12.1 Å². The van der Waals surface area contributed by atoms with Crippen molar-refractivity contribution in [2.24, 2.45) is 0 Å². The van der Waals surface area contributed by atoms with Gasteiger partial charge in [0.25, 0.3) is 0 Å². The molecule has 0 radical (unpaired) electrons. The van der Waals surface area contributed by atoms with Crippen molar-refractivity contribution >= 4 is 17.6 Å². The SMILES string of the molecule is O=C(O)CN1CCN(Cc2cc(Cl)ccc2F)CC1. The zero-order valence-electron chi connectivity index (χ0n) is 10.5. The average Bonchev–Trinajstić information content (AvgIpc) is 2.35. The first-order valence-electron chi connectivity index (χ1n) is 6.15. The molecule has 0 amide bonds. The van der Waals surface area contributed by atoms with Crippen LogP contribution in [0.4, 0.5) is 4.39 Å². The van der Waals surface area contributed by atoms with E-state index in [9.17, 15) is 9.18 Å². The Morgan fingerprint density at radius 2 is 1.89 bits per heavy atom. The van der Waals surface area contributed by atoms with Crippen molar-refractivity contribution in [1.82, 2.24) is 9.80 Å². The minimum atomic E-state index is -0.811. The lowest BCUT2D eigenvalue weighted by Crippen LogP contribution is -2.47. The van der Waals surface area contributed by atoms with Crippen LogP contribution in [0.2, 0.25) is 5.02 Å². The molecule has 1 saturated heterocycles. The van der Waals surface area contributed by atoms with Crippen molar-refractivity contribution in [3.8, 4) is 0 Å². The topological polar surface area (TPSA) is 43.8 Å². The molecule has 1 N–H and O–H groups in total. The number of carbonyl (C=O) groups is 1. The lowest BCUT2D eigenvalue weighted by atomic mass is 10.2. The van der Waals surface area contributed by atoms with Crippen LogP contribution in [0, 0.1) is 5.82 Å². The normalized spacial score (nSPS) is 17.6. The number of hydrogen-bond acceptors (Lipinski definition) is 3. The van der Waals surface area contributed by atoms with Crippen molar-refractivity contribution in [2.45, 2.75) is 6.54 Å². The van der Waals surface area contributed by atoms with Gasteiger partial charge in [-0.3, -0.25) is 14.6 Å². The lowest BCUT2D eigenvalue weighted by Gasteiger charge is -2.33. The highest BCUT2D eigenvalue weighted by molar-refractivity contribution is 6.30. The molecule has 1 fully saturated rings. The molecule has 0 unspecified atom stereocenters. The van der Waals surface area contributed by atoms with Gasteiger partial charge in [-0.1, -0.05) is 11.6 Å². The van der Waals surface area contributed by atoms with E-state index in [0.29, 0.717) is 30.2 Å². The molecule has 1 aliphatic rings. The monoisotopic (exact) mass is 286 g/mol. The molecule has 2 rings (SSSR count). The molecule has 6 heteroatoms. The summed E-state index contributed by atoms with van der Waals surface area (Å²) in [7, 11) is 0. The maximum absolute atomic E-state index is 13.6. The lowest BCUT2D eigenvalue weighted by molar-refractivity contribution is -0.138. The van der Waals surface area contributed by atoms with Gasteiger partial charge in [-0.25, -0.2) is 4.39 Å². The number of halogens is 2. The summed E-state index contributed by atoms with van der Waals surface area (Å²) in [6, 6.07) is 4.55. The van der Waals surface area contributed by atoms with Crippen LogP contribution in [0.3, 0.4) is 0 Å². The number of hydrogen-bond donors (Lipinski definition) is 1.